The summed E-state index contributed by atoms with van der Waals surface area (Å²) >= 11 is 0. The lowest BCUT2D eigenvalue weighted by Gasteiger charge is -2.30. The van der Waals surface area contributed by atoms with E-state index < -0.39 is 0 Å². The first-order valence-electron chi connectivity index (χ1n) is 6.28. The molecule has 1 aliphatic rings. The molecule has 98 valence electrons. The zero-order chi connectivity index (χ0) is 12.8. The third-order valence-electron chi connectivity index (χ3n) is 3.58. The standard InChI is InChI=1S/C12H23N3O2/c1-8(9-4-3-5-10(13)6-9)12(17)15-7-11(16)14-2/h8-10H,3-7,13H2,1-2H3,(H,14,16)(H,15,17). The summed E-state index contributed by atoms with van der Waals surface area (Å²) in [6.45, 7) is 1.97. The number of hydrogen-bond acceptors (Lipinski definition) is 3. The van der Waals surface area contributed by atoms with Gasteiger partial charge in [0.2, 0.25) is 11.8 Å². The molecule has 3 atom stereocenters. The SMILES string of the molecule is CNC(=O)CNC(=O)C(C)C1CCCC(N)C1. The Morgan fingerprint density at radius 3 is 2.71 bits per heavy atom. The normalized spacial score (nSPS) is 26.1. The Morgan fingerprint density at radius 1 is 1.41 bits per heavy atom. The van der Waals surface area contributed by atoms with Gasteiger partial charge in [0.1, 0.15) is 0 Å². The van der Waals surface area contributed by atoms with Crippen LogP contribution in [-0.4, -0.2) is 31.4 Å². The number of amides is 2. The van der Waals surface area contributed by atoms with Gasteiger partial charge in [-0.25, -0.2) is 0 Å². The molecule has 0 heterocycles. The first-order chi connectivity index (χ1) is 8.04. The number of nitrogens with one attached hydrogen (secondary N) is 2. The second-order valence-electron chi connectivity index (χ2n) is 4.87. The maximum atomic E-state index is 11.8. The number of likely N-dealkylation sites (N-methyl/N-ethyl adjacent to an activating group) is 1. The van der Waals surface area contributed by atoms with Crippen LogP contribution in [0.4, 0.5) is 0 Å². The highest BCUT2D eigenvalue weighted by atomic mass is 16.2. The smallest absolute Gasteiger partial charge is 0.239 e. The van der Waals surface area contributed by atoms with Crippen molar-refractivity contribution in [3.8, 4) is 0 Å². The summed E-state index contributed by atoms with van der Waals surface area (Å²) in [7, 11) is 1.55. The van der Waals surface area contributed by atoms with Gasteiger partial charge in [-0.2, -0.15) is 0 Å². The topological polar surface area (TPSA) is 84.2 Å². The summed E-state index contributed by atoms with van der Waals surface area (Å²) in [5.74, 6) is 0.0630. The summed E-state index contributed by atoms with van der Waals surface area (Å²) in [5.41, 5.74) is 5.91. The van der Waals surface area contributed by atoms with Gasteiger partial charge < -0.3 is 16.4 Å². The third kappa shape index (κ3) is 4.34. The van der Waals surface area contributed by atoms with Crippen LogP contribution in [0.3, 0.4) is 0 Å². The maximum absolute atomic E-state index is 11.8. The van der Waals surface area contributed by atoms with E-state index in [1.807, 2.05) is 6.92 Å². The van der Waals surface area contributed by atoms with Crippen molar-refractivity contribution in [3.05, 3.63) is 0 Å². The predicted octanol–water partition coefficient (Wildman–Crippen LogP) is 0.00220. The van der Waals surface area contributed by atoms with Crippen molar-refractivity contribution in [1.82, 2.24) is 10.6 Å². The van der Waals surface area contributed by atoms with Crippen LogP contribution in [0.25, 0.3) is 0 Å². The van der Waals surface area contributed by atoms with Gasteiger partial charge in [-0.3, -0.25) is 9.59 Å². The molecule has 0 aromatic heterocycles. The van der Waals surface area contributed by atoms with Crippen molar-refractivity contribution >= 4 is 11.8 Å². The molecule has 0 bridgehead atoms. The number of hydrogen-bond donors (Lipinski definition) is 3. The van der Waals surface area contributed by atoms with Crippen LogP contribution in [-0.2, 0) is 9.59 Å². The van der Waals surface area contributed by atoms with Gasteiger partial charge in [0.15, 0.2) is 0 Å². The van der Waals surface area contributed by atoms with E-state index in [4.69, 9.17) is 5.73 Å². The van der Waals surface area contributed by atoms with Crippen LogP contribution in [0.2, 0.25) is 0 Å². The fraction of sp³-hybridized carbons (Fsp3) is 0.833. The molecular formula is C12H23N3O2. The van der Waals surface area contributed by atoms with Crippen molar-refractivity contribution in [2.75, 3.05) is 13.6 Å². The van der Waals surface area contributed by atoms with Crippen LogP contribution in [0, 0.1) is 11.8 Å². The molecule has 2 amide bonds. The van der Waals surface area contributed by atoms with Crippen molar-refractivity contribution in [3.63, 3.8) is 0 Å². The van der Waals surface area contributed by atoms with Crippen LogP contribution in [0.5, 0.6) is 0 Å². The van der Waals surface area contributed by atoms with E-state index in [1.54, 1.807) is 7.05 Å². The number of carbonyl (C=O) groups is 2. The van der Waals surface area contributed by atoms with Gasteiger partial charge in [-0.05, 0) is 25.2 Å². The summed E-state index contributed by atoms with van der Waals surface area (Å²) in [6.07, 6.45) is 4.12. The minimum Gasteiger partial charge on any atom is -0.358 e. The molecule has 1 fully saturated rings. The predicted molar refractivity (Wildman–Crippen MR) is 66.2 cm³/mol. The zero-order valence-electron chi connectivity index (χ0n) is 10.7. The minimum atomic E-state index is -0.175. The van der Waals surface area contributed by atoms with Crippen molar-refractivity contribution in [2.45, 2.75) is 38.6 Å². The summed E-state index contributed by atoms with van der Waals surface area (Å²) in [6, 6.07) is 0.225. The Bertz CT molecular complexity index is 281. The van der Waals surface area contributed by atoms with E-state index >= 15 is 0 Å². The average Bonchev–Trinajstić information content (AvgIpc) is 2.34. The van der Waals surface area contributed by atoms with Gasteiger partial charge in [0.25, 0.3) is 0 Å². The molecule has 3 unspecified atom stereocenters. The molecule has 1 aliphatic carbocycles. The van der Waals surface area contributed by atoms with Crippen molar-refractivity contribution in [2.24, 2.45) is 17.6 Å². The van der Waals surface area contributed by atoms with Gasteiger partial charge in [0, 0.05) is 19.0 Å². The Labute approximate surface area is 103 Å². The highest BCUT2D eigenvalue weighted by molar-refractivity contribution is 5.85. The number of rotatable bonds is 4. The molecule has 0 spiro atoms. The number of carbonyl (C=O) groups excluding carboxylic acids is 2. The molecule has 1 saturated carbocycles. The van der Waals surface area contributed by atoms with Crippen molar-refractivity contribution < 1.29 is 9.59 Å². The summed E-state index contributed by atoms with van der Waals surface area (Å²) < 4.78 is 0. The summed E-state index contributed by atoms with van der Waals surface area (Å²) in [4.78, 5) is 22.9. The molecule has 1 rings (SSSR count). The molecule has 4 N–H and O–H groups in total. The lowest BCUT2D eigenvalue weighted by molar-refractivity contribution is -0.129. The van der Waals surface area contributed by atoms with E-state index in [0.717, 1.165) is 25.7 Å². The maximum Gasteiger partial charge on any atom is 0.239 e. The molecule has 5 heteroatoms. The molecule has 0 radical (unpaired) electrons. The fourth-order valence-electron chi connectivity index (χ4n) is 2.35. The Hall–Kier alpha value is -1.10. The Morgan fingerprint density at radius 2 is 2.12 bits per heavy atom. The Balaban J connectivity index is 2.37. The molecule has 5 nitrogen and oxygen atoms in total. The van der Waals surface area contributed by atoms with E-state index in [1.165, 1.54) is 0 Å². The second-order valence-corrected chi connectivity index (χ2v) is 4.87. The van der Waals surface area contributed by atoms with E-state index in [-0.39, 0.29) is 30.3 Å². The highest BCUT2D eigenvalue weighted by Gasteiger charge is 2.28. The minimum absolute atomic E-state index is 0.0484. The average molecular weight is 241 g/mol. The fourth-order valence-corrected chi connectivity index (χ4v) is 2.35. The second kappa shape index (κ2) is 6.59. The first kappa shape index (κ1) is 14.0. The zero-order valence-corrected chi connectivity index (χ0v) is 10.7. The van der Waals surface area contributed by atoms with Crippen LogP contribution in [0.15, 0.2) is 0 Å². The molecule has 0 saturated heterocycles. The van der Waals surface area contributed by atoms with Crippen molar-refractivity contribution in [1.29, 1.82) is 0 Å². The number of nitrogens with two attached hydrogens (primary N) is 1. The largest absolute Gasteiger partial charge is 0.358 e. The van der Waals surface area contributed by atoms with Gasteiger partial charge in [-0.1, -0.05) is 13.3 Å². The van der Waals surface area contributed by atoms with E-state index in [0.29, 0.717) is 5.92 Å². The third-order valence-corrected chi connectivity index (χ3v) is 3.58. The summed E-state index contributed by atoms with van der Waals surface area (Å²) in [5, 5.41) is 5.13. The first-order valence-corrected chi connectivity index (χ1v) is 6.28. The van der Waals surface area contributed by atoms with Crippen LogP contribution >= 0.6 is 0 Å². The van der Waals surface area contributed by atoms with E-state index in [9.17, 15) is 9.59 Å². The van der Waals surface area contributed by atoms with Crippen LogP contribution in [0.1, 0.15) is 32.6 Å². The van der Waals surface area contributed by atoms with Crippen LogP contribution < -0.4 is 16.4 Å². The van der Waals surface area contributed by atoms with E-state index in [2.05, 4.69) is 10.6 Å². The Kier molecular flexibility index (Phi) is 5.41. The lowest BCUT2D eigenvalue weighted by Crippen LogP contribution is -2.41. The molecule has 0 aromatic rings. The van der Waals surface area contributed by atoms with Gasteiger partial charge in [-0.15, -0.1) is 0 Å². The molecule has 17 heavy (non-hydrogen) atoms. The molecule has 0 aliphatic heterocycles. The lowest BCUT2D eigenvalue weighted by atomic mass is 9.78. The monoisotopic (exact) mass is 241 g/mol. The van der Waals surface area contributed by atoms with Gasteiger partial charge >= 0.3 is 0 Å². The molecular weight excluding hydrogens is 218 g/mol. The quantitative estimate of drug-likeness (QED) is 0.648. The molecule has 0 aromatic carbocycles. The van der Waals surface area contributed by atoms with Gasteiger partial charge in [0.05, 0.1) is 6.54 Å². The highest BCUT2D eigenvalue weighted by Crippen LogP contribution is 2.29.